The Bertz CT molecular complexity index is 915. The van der Waals surface area contributed by atoms with E-state index in [1.165, 1.54) is 57.1 Å². The van der Waals surface area contributed by atoms with Crippen molar-refractivity contribution in [2.45, 2.75) is 115 Å². The molecular weight excluding hydrogens is 458 g/mol. The van der Waals surface area contributed by atoms with Crippen molar-refractivity contribution < 1.29 is 14.3 Å². The number of hydrogen-bond acceptors (Lipinski definition) is 4. The summed E-state index contributed by atoms with van der Waals surface area (Å²) >= 11 is 0. The molecule has 4 nitrogen and oxygen atoms in total. The van der Waals surface area contributed by atoms with Gasteiger partial charge in [-0.15, -0.1) is 0 Å². The van der Waals surface area contributed by atoms with Crippen molar-refractivity contribution in [3.8, 4) is 0 Å². The average Bonchev–Trinajstić information content (AvgIpc) is 3.73. The number of aryl methyl sites for hydroxylation is 1. The average molecular weight is 508 g/mol. The van der Waals surface area contributed by atoms with Gasteiger partial charge < -0.3 is 9.47 Å². The molecule has 5 fully saturated rings. The molecule has 2 bridgehead atoms. The van der Waals surface area contributed by atoms with E-state index in [-0.39, 0.29) is 11.0 Å². The molecule has 5 aliphatic rings. The van der Waals surface area contributed by atoms with E-state index in [0.717, 1.165) is 64.2 Å². The Labute approximate surface area is 224 Å². The van der Waals surface area contributed by atoms with Gasteiger partial charge >= 0.3 is 0 Å². The third-order valence-corrected chi connectivity index (χ3v) is 10.9. The van der Waals surface area contributed by atoms with Crippen molar-refractivity contribution >= 4 is 5.78 Å². The predicted molar refractivity (Wildman–Crippen MR) is 148 cm³/mol. The molecule has 4 aliphatic carbocycles. The number of likely N-dealkylation sites (tertiary alicyclic amines) is 1. The molecule has 0 radical (unpaired) electrons. The van der Waals surface area contributed by atoms with Gasteiger partial charge in [0.1, 0.15) is 5.78 Å². The molecule has 204 valence electrons. The normalized spacial score (nSPS) is 37.7. The van der Waals surface area contributed by atoms with Gasteiger partial charge in [0.05, 0.1) is 11.7 Å². The van der Waals surface area contributed by atoms with Gasteiger partial charge in [0, 0.05) is 44.1 Å². The zero-order valence-corrected chi connectivity index (χ0v) is 23.2. The minimum Gasteiger partial charge on any atom is -0.378 e. The highest BCUT2D eigenvalue weighted by atomic mass is 16.5. The first-order valence-corrected chi connectivity index (χ1v) is 15.7. The van der Waals surface area contributed by atoms with Crippen molar-refractivity contribution in [1.82, 2.24) is 4.90 Å². The number of nitrogens with zero attached hydrogens (tertiary/aromatic N) is 1. The van der Waals surface area contributed by atoms with Crippen LogP contribution in [0.15, 0.2) is 30.3 Å². The number of unbranched alkanes of at least 4 members (excludes halogenated alkanes) is 1. The van der Waals surface area contributed by atoms with E-state index < -0.39 is 0 Å². The van der Waals surface area contributed by atoms with Gasteiger partial charge in [0.15, 0.2) is 0 Å². The summed E-state index contributed by atoms with van der Waals surface area (Å²) in [4.78, 5) is 16.1. The lowest BCUT2D eigenvalue weighted by Gasteiger charge is -2.70. The van der Waals surface area contributed by atoms with E-state index in [4.69, 9.17) is 9.47 Å². The number of ether oxygens (including phenoxy) is 2. The van der Waals surface area contributed by atoms with Gasteiger partial charge in [-0.05, 0) is 94.1 Å². The Morgan fingerprint density at radius 2 is 1.89 bits per heavy atom. The largest absolute Gasteiger partial charge is 0.378 e. The number of piperidine rings is 1. The van der Waals surface area contributed by atoms with Crippen LogP contribution < -0.4 is 0 Å². The van der Waals surface area contributed by atoms with Crippen LogP contribution in [0.3, 0.4) is 0 Å². The molecule has 0 spiro atoms. The summed E-state index contributed by atoms with van der Waals surface area (Å²) in [6, 6.07) is 11.3. The standard InChI is InChI=1S/C33H49NO3/c1-2-3-20-36-29-13-7-12-27-22-30-33(37-21-8-11-25-9-5-4-6-10-25)17-16-28(35)23-32(33,31(27)29)18-19-34(30)24-26-14-15-26/h4-6,9-10,26-27,29-31H,2-3,7-8,11-24H2,1H3/t27?,29?,30?,31?,32-,33-/m1/s1. The second-order valence-electron chi connectivity index (χ2n) is 13.1. The molecule has 1 aliphatic heterocycles. The van der Waals surface area contributed by atoms with Gasteiger partial charge in [-0.1, -0.05) is 50.1 Å². The van der Waals surface area contributed by atoms with E-state index in [1.54, 1.807) is 0 Å². The first kappa shape index (κ1) is 26.0. The molecule has 4 unspecified atom stereocenters. The summed E-state index contributed by atoms with van der Waals surface area (Å²) in [7, 11) is 0. The lowest BCUT2D eigenvalue weighted by atomic mass is 9.42. The number of fused-ring (bicyclic) bond motifs is 1. The smallest absolute Gasteiger partial charge is 0.133 e. The second-order valence-corrected chi connectivity index (χ2v) is 13.1. The van der Waals surface area contributed by atoms with Crippen LogP contribution in [0.5, 0.6) is 0 Å². The molecular formula is C33H49NO3. The Morgan fingerprint density at radius 1 is 1.03 bits per heavy atom. The van der Waals surface area contributed by atoms with Crippen molar-refractivity contribution in [3.63, 3.8) is 0 Å². The van der Waals surface area contributed by atoms with Crippen LogP contribution in [-0.4, -0.2) is 54.7 Å². The van der Waals surface area contributed by atoms with Crippen molar-refractivity contribution in [3.05, 3.63) is 35.9 Å². The maximum Gasteiger partial charge on any atom is 0.133 e. The highest BCUT2D eigenvalue weighted by molar-refractivity contribution is 5.81. The van der Waals surface area contributed by atoms with E-state index in [1.807, 2.05) is 0 Å². The van der Waals surface area contributed by atoms with Gasteiger partial charge in [-0.25, -0.2) is 0 Å². The summed E-state index contributed by atoms with van der Waals surface area (Å²) < 4.78 is 14.0. The molecule has 1 saturated heterocycles. The van der Waals surface area contributed by atoms with Crippen molar-refractivity contribution in [2.75, 3.05) is 26.3 Å². The monoisotopic (exact) mass is 507 g/mol. The fraction of sp³-hybridized carbons (Fsp3) is 0.788. The molecule has 1 aromatic rings. The lowest BCUT2D eigenvalue weighted by molar-refractivity contribution is -0.289. The van der Waals surface area contributed by atoms with E-state index >= 15 is 0 Å². The summed E-state index contributed by atoms with van der Waals surface area (Å²) in [5, 5.41) is 0. The zero-order valence-electron chi connectivity index (χ0n) is 23.2. The fourth-order valence-electron chi connectivity index (χ4n) is 9.17. The highest BCUT2D eigenvalue weighted by Crippen LogP contribution is 2.66. The van der Waals surface area contributed by atoms with Crippen LogP contribution in [0.1, 0.15) is 96.0 Å². The highest BCUT2D eigenvalue weighted by Gasteiger charge is 2.71. The van der Waals surface area contributed by atoms with Gasteiger partial charge in [0.25, 0.3) is 0 Å². The number of rotatable bonds is 11. The van der Waals surface area contributed by atoms with E-state index in [2.05, 4.69) is 42.2 Å². The summed E-state index contributed by atoms with van der Waals surface area (Å²) in [5.41, 5.74) is 1.17. The van der Waals surface area contributed by atoms with Crippen LogP contribution in [-0.2, 0) is 20.7 Å². The van der Waals surface area contributed by atoms with Crippen LogP contribution in [0.25, 0.3) is 0 Å². The Hall–Kier alpha value is -1.23. The minimum atomic E-state index is -0.185. The first-order valence-electron chi connectivity index (χ1n) is 15.7. The second kappa shape index (κ2) is 11.1. The van der Waals surface area contributed by atoms with Crippen LogP contribution in [0, 0.1) is 23.2 Å². The first-order chi connectivity index (χ1) is 18.1. The molecule has 37 heavy (non-hydrogen) atoms. The minimum absolute atomic E-state index is 0.0417. The number of benzene rings is 1. The molecule has 4 heteroatoms. The van der Waals surface area contributed by atoms with Gasteiger partial charge in [0.2, 0.25) is 0 Å². The van der Waals surface area contributed by atoms with E-state index in [0.29, 0.717) is 36.2 Å². The number of carbonyl (C=O) groups is 1. The molecule has 6 atom stereocenters. The maximum absolute atomic E-state index is 13.3. The van der Waals surface area contributed by atoms with Crippen LogP contribution in [0.4, 0.5) is 0 Å². The van der Waals surface area contributed by atoms with Gasteiger partial charge in [-0.3, -0.25) is 9.69 Å². The summed E-state index contributed by atoms with van der Waals surface area (Å²) in [6.45, 7) is 6.32. The third-order valence-electron chi connectivity index (χ3n) is 10.9. The maximum atomic E-state index is 13.3. The van der Waals surface area contributed by atoms with Gasteiger partial charge in [-0.2, -0.15) is 0 Å². The third kappa shape index (κ3) is 4.96. The number of Topliss-reactive ketones (excluding diaryl/α,β-unsaturated/α-hetero) is 1. The number of carbonyl (C=O) groups excluding carboxylic acids is 1. The Morgan fingerprint density at radius 3 is 2.70 bits per heavy atom. The van der Waals surface area contributed by atoms with Crippen LogP contribution in [0.2, 0.25) is 0 Å². The molecule has 0 aromatic heterocycles. The van der Waals surface area contributed by atoms with Crippen LogP contribution >= 0.6 is 0 Å². The van der Waals surface area contributed by atoms with Crippen molar-refractivity contribution in [2.24, 2.45) is 23.2 Å². The van der Waals surface area contributed by atoms with E-state index in [9.17, 15) is 4.79 Å². The molecule has 1 aromatic carbocycles. The quantitative estimate of drug-likeness (QED) is 0.316. The summed E-state index contributed by atoms with van der Waals surface area (Å²) in [5.74, 6) is 2.54. The lowest BCUT2D eigenvalue weighted by Crippen LogP contribution is -2.77. The molecule has 0 N–H and O–H groups in total. The molecule has 1 heterocycles. The SMILES string of the molecule is CCCCOC1CCCC2CC3N(CC4CC4)CC[C@@]4(CC(=O)CC[C@@]34OCCCc3ccccc3)C21. The summed E-state index contributed by atoms with van der Waals surface area (Å²) in [6.07, 6.45) is 16.0. The topological polar surface area (TPSA) is 38.8 Å². The number of hydrogen-bond donors (Lipinski definition) is 0. The molecule has 0 amide bonds. The number of ketones is 1. The Kier molecular flexibility index (Phi) is 7.80. The predicted octanol–water partition coefficient (Wildman–Crippen LogP) is 6.60. The Balaban J connectivity index is 1.30. The molecule has 6 rings (SSSR count). The van der Waals surface area contributed by atoms with Crippen molar-refractivity contribution in [1.29, 1.82) is 0 Å². The zero-order chi connectivity index (χ0) is 25.3. The molecule has 4 saturated carbocycles. The fourth-order valence-corrected chi connectivity index (χ4v) is 9.17.